The van der Waals surface area contributed by atoms with Crippen LogP contribution < -0.4 is 23.8 Å². The van der Waals surface area contributed by atoms with Gasteiger partial charge in [0.15, 0.2) is 0 Å². The van der Waals surface area contributed by atoms with Crippen LogP contribution in [0.2, 0.25) is 10.0 Å². The lowest BCUT2D eigenvalue weighted by Crippen LogP contribution is -2.38. The van der Waals surface area contributed by atoms with Crippen molar-refractivity contribution in [1.82, 2.24) is 0 Å². The van der Waals surface area contributed by atoms with Crippen molar-refractivity contribution in [3.8, 4) is 11.5 Å². The van der Waals surface area contributed by atoms with E-state index in [0.29, 0.717) is 5.75 Å². The van der Waals surface area contributed by atoms with E-state index in [1.807, 2.05) is 0 Å². The fourth-order valence-electron chi connectivity index (χ4n) is 3.85. The second-order valence-electron chi connectivity index (χ2n) is 8.64. The second kappa shape index (κ2) is 12.9. The highest BCUT2D eigenvalue weighted by molar-refractivity contribution is 7.93. The van der Waals surface area contributed by atoms with Crippen LogP contribution >= 0.6 is 23.2 Å². The maximum Gasteiger partial charge on any atom is 0.264 e. The molecule has 0 fully saturated rings. The van der Waals surface area contributed by atoms with Gasteiger partial charge in [-0.15, -0.1) is 0 Å². The standard InChI is InChI=1S/C28H25Cl2N3O7S2/c1-39-20-13-16-26(40-2)24(17-20)32-41(35,36)21-14-11-19(12-15-21)31-27(34)18-33(25-10-6-9-23(29)28(25)30)42(37,38)22-7-4-3-5-8-22/h3-17,32H,18H2,1-2H3,(H,31,34). The highest BCUT2D eigenvalue weighted by Crippen LogP contribution is 2.35. The van der Waals surface area contributed by atoms with Crippen LogP contribution in [0.5, 0.6) is 11.5 Å². The summed E-state index contributed by atoms with van der Waals surface area (Å²) in [4.78, 5) is 12.9. The van der Waals surface area contributed by atoms with Crippen LogP contribution in [0.4, 0.5) is 17.1 Å². The first-order valence-corrected chi connectivity index (χ1v) is 15.8. The Labute approximate surface area is 253 Å². The third-order valence-electron chi connectivity index (χ3n) is 5.92. The summed E-state index contributed by atoms with van der Waals surface area (Å²) in [6.45, 7) is -0.644. The Morgan fingerprint density at radius 1 is 0.810 bits per heavy atom. The number of methoxy groups -OCH3 is 2. The second-order valence-corrected chi connectivity index (χ2v) is 13.0. The smallest absolute Gasteiger partial charge is 0.264 e. The van der Waals surface area contributed by atoms with Gasteiger partial charge in [0, 0.05) is 11.8 Å². The molecule has 0 bridgehead atoms. The van der Waals surface area contributed by atoms with Crippen LogP contribution in [0.15, 0.2) is 101 Å². The molecular formula is C28H25Cl2N3O7S2. The molecule has 0 spiro atoms. The predicted octanol–water partition coefficient (Wildman–Crippen LogP) is 5.65. The minimum absolute atomic E-state index is 0.0173. The molecule has 0 saturated carbocycles. The van der Waals surface area contributed by atoms with Gasteiger partial charge in [0.1, 0.15) is 18.0 Å². The highest BCUT2D eigenvalue weighted by atomic mass is 35.5. The normalized spacial score (nSPS) is 11.4. The summed E-state index contributed by atoms with van der Waals surface area (Å²) in [5.41, 5.74) is 0.421. The topological polar surface area (TPSA) is 131 Å². The Hall–Kier alpha value is -3.97. The monoisotopic (exact) mass is 649 g/mol. The van der Waals surface area contributed by atoms with E-state index in [9.17, 15) is 21.6 Å². The summed E-state index contributed by atoms with van der Waals surface area (Å²) in [7, 11) is -5.41. The number of benzene rings is 4. The highest BCUT2D eigenvalue weighted by Gasteiger charge is 2.29. The number of ether oxygens (including phenoxy) is 2. The first-order chi connectivity index (χ1) is 20.0. The van der Waals surface area contributed by atoms with E-state index in [0.717, 1.165) is 4.31 Å². The first-order valence-electron chi connectivity index (χ1n) is 12.1. The van der Waals surface area contributed by atoms with E-state index in [2.05, 4.69) is 10.0 Å². The molecule has 4 aromatic carbocycles. The lowest BCUT2D eigenvalue weighted by molar-refractivity contribution is -0.114. The molecule has 0 radical (unpaired) electrons. The summed E-state index contributed by atoms with van der Waals surface area (Å²) < 4.78 is 66.8. The van der Waals surface area contributed by atoms with Gasteiger partial charge in [-0.25, -0.2) is 16.8 Å². The Morgan fingerprint density at radius 3 is 2.14 bits per heavy atom. The van der Waals surface area contributed by atoms with E-state index < -0.39 is 32.5 Å². The van der Waals surface area contributed by atoms with Gasteiger partial charge in [0.25, 0.3) is 20.0 Å². The lowest BCUT2D eigenvalue weighted by atomic mass is 10.3. The Morgan fingerprint density at radius 2 is 1.50 bits per heavy atom. The van der Waals surface area contributed by atoms with Gasteiger partial charge in [-0.2, -0.15) is 0 Å². The number of amides is 1. The minimum atomic E-state index is -4.22. The van der Waals surface area contributed by atoms with Crippen LogP contribution in [-0.2, 0) is 24.8 Å². The number of carbonyl (C=O) groups is 1. The molecule has 220 valence electrons. The molecule has 0 aliphatic heterocycles. The van der Waals surface area contributed by atoms with Crippen molar-refractivity contribution in [2.45, 2.75) is 9.79 Å². The summed E-state index contributed by atoms with van der Waals surface area (Å²) in [5, 5.41) is 2.66. The fourth-order valence-corrected chi connectivity index (χ4v) is 6.81. The Kier molecular flexibility index (Phi) is 9.52. The van der Waals surface area contributed by atoms with Gasteiger partial charge in [-0.1, -0.05) is 47.5 Å². The number of hydrogen-bond acceptors (Lipinski definition) is 7. The van der Waals surface area contributed by atoms with Crippen molar-refractivity contribution in [2.75, 3.05) is 35.1 Å². The van der Waals surface area contributed by atoms with E-state index in [1.54, 1.807) is 30.3 Å². The molecule has 4 aromatic rings. The molecule has 0 atom stereocenters. The van der Waals surface area contributed by atoms with Gasteiger partial charge in [-0.05, 0) is 60.7 Å². The van der Waals surface area contributed by atoms with Crippen LogP contribution in [-0.4, -0.2) is 43.5 Å². The van der Waals surface area contributed by atoms with E-state index in [-0.39, 0.29) is 42.6 Å². The number of nitrogens with zero attached hydrogens (tertiary/aromatic N) is 1. The van der Waals surface area contributed by atoms with Crippen molar-refractivity contribution in [3.63, 3.8) is 0 Å². The molecule has 4 rings (SSSR count). The number of halogens is 2. The molecule has 14 heteroatoms. The number of anilines is 3. The number of rotatable bonds is 11. The molecular weight excluding hydrogens is 625 g/mol. The van der Waals surface area contributed by atoms with E-state index >= 15 is 0 Å². The first kappa shape index (κ1) is 31.0. The SMILES string of the molecule is COc1ccc(OC)c(NS(=O)(=O)c2ccc(NC(=O)CN(c3cccc(Cl)c3Cl)S(=O)(=O)c3ccccc3)cc2)c1. The molecule has 2 N–H and O–H groups in total. The Balaban J connectivity index is 1.55. The van der Waals surface area contributed by atoms with Crippen molar-refractivity contribution in [2.24, 2.45) is 0 Å². The van der Waals surface area contributed by atoms with Crippen molar-refractivity contribution in [3.05, 3.63) is 101 Å². The predicted molar refractivity (Wildman–Crippen MR) is 163 cm³/mol. The zero-order valence-corrected chi connectivity index (χ0v) is 25.4. The maximum atomic E-state index is 13.5. The van der Waals surface area contributed by atoms with Gasteiger partial charge in [0.2, 0.25) is 5.91 Å². The van der Waals surface area contributed by atoms with E-state index in [1.165, 1.54) is 74.9 Å². The quantitative estimate of drug-likeness (QED) is 0.215. The fraction of sp³-hybridized carbons (Fsp3) is 0.107. The summed E-state index contributed by atoms with van der Waals surface area (Å²) >= 11 is 12.5. The van der Waals surface area contributed by atoms with Crippen LogP contribution in [0.25, 0.3) is 0 Å². The van der Waals surface area contributed by atoms with Crippen molar-refractivity contribution >= 4 is 66.2 Å². The van der Waals surface area contributed by atoms with Crippen LogP contribution in [0.1, 0.15) is 0 Å². The number of carbonyl (C=O) groups excluding carboxylic acids is 1. The summed E-state index contributed by atoms with van der Waals surface area (Å²) in [5.74, 6) is 0.00687. The molecule has 0 heterocycles. The van der Waals surface area contributed by atoms with Crippen LogP contribution in [0, 0.1) is 0 Å². The number of sulfonamides is 2. The average molecular weight is 651 g/mol. The largest absolute Gasteiger partial charge is 0.497 e. The molecule has 42 heavy (non-hydrogen) atoms. The van der Waals surface area contributed by atoms with Crippen molar-refractivity contribution in [1.29, 1.82) is 0 Å². The summed E-state index contributed by atoms with van der Waals surface area (Å²) in [6.07, 6.45) is 0. The third kappa shape index (κ3) is 6.90. The molecule has 0 unspecified atom stereocenters. The minimum Gasteiger partial charge on any atom is -0.497 e. The molecule has 1 amide bonds. The zero-order valence-electron chi connectivity index (χ0n) is 22.2. The summed E-state index contributed by atoms with van der Waals surface area (Å²) in [6, 6.07) is 22.0. The lowest BCUT2D eigenvalue weighted by Gasteiger charge is -2.25. The average Bonchev–Trinajstić information content (AvgIpc) is 2.98. The van der Waals surface area contributed by atoms with Crippen LogP contribution in [0.3, 0.4) is 0 Å². The molecule has 0 aliphatic carbocycles. The molecule has 0 saturated heterocycles. The molecule has 10 nitrogen and oxygen atoms in total. The molecule has 0 aliphatic rings. The van der Waals surface area contributed by atoms with Crippen molar-refractivity contribution < 1.29 is 31.1 Å². The molecule has 0 aromatic heterocycles. The van der Waals surface area contributed by atoms with Gasteiger partial charge < -0.3 is 14.8 Å². The van der Waals surface area contributed by atoms with Gasteiger partial charge in [-0.3, -0.25) is 13.8 Å². The zero-order chi connectivity index (χ0) is 30.5. The van der Waals surface area contributed by atoms with Gasteiger partial charge in [0.05, 0.1) is 45.4 Å². The maximum absolute atomic E-state index is 13.5. The number of hydrogen-bond donors (Lipinski definition) is 2. The van der Waals surface area contributed by atoms with Gasteiger partial charge >= 0.3 is 0 Å². The third-order valence-corrected chi connectivity index (χ3v) is 9.88. The Bertz CT molecular complexity index is 1800. The van der Waals surface area contributed by atoms with E-state index in [4.69, 9.17) is 32.7 Å². The number of nitrogens with one attached hydrogen (secondary N) is 2.